The van der Waals surface area contributed by atoms with Gasteiger partial charge < -0.3 is 0 Å². The maximum atomic E-state index is 14.2. The highest BCUT2D eigenvalue weighted by molar-refractivity contribution is 6.31. The molecule has 2 aromatic carbocycles. The summed E-state index contributed by atoms with van der Waals surface area (Å²) < 4.78 is 0. The van der Waals surface area contributed by atoms with Crippen LogP contribution in [0.2, 0.25) is 0 Å². The van der Waals surface area contributed by atoms with E-state index in [9.17, 15) is 14.4 Å². The first-order valence-electron chi connectivity index (χ1n) is 11.5. The van der Waals surface area contributed by atoms with Crippen LogP contribution in [0, 0.1) is 18.8 Å². The van der Waals surface area contributed by atoms with E-state index in [4.69, 9.17) is 0 Å². The van der Waals surface area contributed by atoms with E-state index in [0.717, 1.165) is 27.5 Å². The monoisotopic (exact) mass is 447 g/mol. The van der Waals surface area contributed by atoms with Gasteiger partial charge in [0.2, 0.25) is 11.8 Å². The Morgan fingerprint density at radius 3 is 1.74 bits per heavy atom. The molecular weight excluding hydrogens is 426 g/mol. The van der Waals surface area contributed by atoms with E-state index < -0.39 is 22.7 Å². The zero-order chi connectivity index (χ0) is 23.6. The van der Waals surface area contributed by atoms with E-state index in [1.165, 1.54) is 4.90 Å². The van der Waals surface area contributed by atoms with Gasteiger partial charge in [0.05, 0.1) is 39.4 Å². The van der Waals surface area contributed by atoms with Crippen molar-refractivity contribution in [2.24, 2.45) is 11.8 Å². The highest BCUT2D eigenvalue weighted by atomic mass is 16.2. The molecule has 2 aromatic heterocycles. The topological polar surface area (TPSA) is 80.2 Å². The Morgan fingerprint density at radius 2 is 1.24 bits per heavy atom. The normalized spacial score (nSPS) is 29.4. The van der Waals surface area contributed by atoms with Crippen molar-refractivity contribution in [2.75, 3.05) is 4.90 Å². The van der Waals surface area contributed by atoms with Crippen LogP contribution in [0.25, 0.3) is 21.8 Å². The van der Waals surface area contributed by atoms with Crippen molar-refractivity contribution in [2.45, 2.75) is 31.6 Å². The molecule has 1 saturated heterocycles. The van der Waals surface area contributed by atoms with Crippen molar-refractivity contribution >= 4 is 45.1 Å². The second-order valence-electron chi connectivity index (χ2n) is 10.0. The summed E-state index contributed by atoms with van der Waals surface area (Å²) in [6, 6.07) is 15.0. The van der Waals surface area contributed by atoms with Crippen molar-refractivity contribution < 1.29 is 14.4 Å². The van der Waals surface area contributed by atoms with Crippen LogP contribution in [-0.4, -0.2) is 27.6 Å². The Bertz CT molecular complexity index is 1550. The first kappa shape index (κ1) is 19.5. The van der Waals surface area contributed by atoms with Crippen LogP contribution in [0.1, 0.15) is 30.5 Å². The number of rotatable bonds is 1. The second kappa shape index (κ2) is 5.95. The van der Waals surface area contributed by atoms with Crippen LogP contribution in [0.5, 0.6) is 0 Å². The molecule has 166 valence electrons. The summed E-state index contributed by atoms with van der Waals surface area (Å²) in [5.41, 5.74) is 2.29. The van der Waals surface area contributed by atoms with Crippen LogP contribution >= 0.6 is 0 Å². The minimum absolute atomic E-state index is 0.0577. The third kappa shape index (κ3) is 1.86. The van der Waals surface area contributed by atoms with Gasteiger partial charge >= 0.3 is 0 Å². The van der Waals surface area contributed by atoms with Gasteiger partial charge in [-0.2, -0.15) is 0 Å². The number of para-hydroxylation sites is 1. The lowest BCUT2D eigenvalue weighted by atomic mass is 9.64. The number of imide groups is 1. The molecule has 34 heavy (non-hydrogen) atoms. The van der Waals surface area contributed by atoms with E-state index in [1.54, 1.807) is 18.5 Å². The highest BCUT2D eigenvalue weighted by Crippen LogP contribution is 2.68. The van der Waals surface area contributed by atoms with Crippen molar-refractivity contribution in [3.05, 3.63) is 77.6 Å². The van der Waals surface area contributed by atoms with Gasteiger partial charge in [-0.3, -0.25) is 24.4 Å². The van der Waals surface area contributed by atoms with Crippen molar-refractivity contribution in [1.82, 2.24) is 9.97 Å². The summed E-state index contributed by atoms with van der Waals surface area (Å²) in [7, 11) is 0. The molecule has 6 heteroatoms. The minimum atomic E-state index is -1.12. The van der Waals surface area contributed by atoms with Gasteiger partial charge in [0.1, 0.15) is 0 Å². The number of hydrogen-bond acceptors (Lipinski definition) is 5. The Morgan fingerprint density at radius 1 is 0.735 bits per heavy atom. The predicted molar refractivity (Wildman–Crippen MR) is 127 cm³/mol. The molecule has 0 unspecified atom stereocenters. The summed E-state index contributed by atoms with van der Waals surface area (Å²) in [4.78, 5) is 52.7. The first-order valence-corrected chi connectivity index (χ1v) is 11.5. The summed E-state index contributed by atoms with van der Waals surface area (Å²) in [5, 5.41) is 1.66. The number of fused-ring (bicyclic) bond motifs is 13. The largest absolute Gasteiger partial charge is 0.298 e. The number of hydrogen-bond donors (Lipinski definition) is 0. The number of anilines is 1. The third-order valence-corrected chi connectivity index (χ3v) is 8.52. The Hall–Kier alpha value is -3.93. The number of aromatic nitrogens is 2. The molecule has 1 saturated carbocycles. The quantitative estimate of drug-likeness (QED) is 0.325. The van der Waals surface area contributed by atoms with Gasteiger partial charge in [0.25, 0.3) is 0 Å². The van der Waals surface area contributed by atoms with E-state index in [1.807, 2.05) is 63.2 Å². The molecule has 0 spiro atoms. The Kier molecular flexibility index (Phi) is 3.42. The molecule has 1 aliphatic heterocycles. The van der Waals surface area contributed by atoms with E-state index in [0.29, 0.717) is 16.7 Å². The number of Topliss-reactive ketones (excluding diaryl/α,β-unsaturated/α-hetero) is 1. The average molecular weight is 447 g/mol. The molecule has 0 radical (unpaired) electrons. The van der Waals surface area contributed by atoms with Crippen molar-refractivity contribution in [1.29, 1.82) is 0 Å². The Balaban J connectivity index is 1.59. The molecule has 3 heterocycles. The number of amides is 2. The number of carbonyl (C=O) groups is 3. The van der Waals surface area contributed by atoms with Crippen LogP contribution in [-0.2, 0) is 25.2 Å². The van der Waals surface area contributed by atoms with Crippen molar-refractivity contribution in [3.8, 4) is 0 Å². The summed E-state index contributed by atoms with van der Waals surface area (Å²) in [6.07, 6.45) is 3.43. The number of ketones is 1. The van der Waals surface area contributed by atoms with Crippen LogP contribution in [0.15, 0.2) is 60.9 Å². The maximum absolute atomic E-state index is 14.2. The Labute approximate surface area is 195 Å². The smallest absolute Gasteiger partial charge is 0.239 e. The molecule has 2 fully saturated rings. The van der Waals surface area contributed by atoms with E-state index >= 15 is 0 Å². The predicted octanol–water partition coefficient (Wildman–Crippen LogP) is 4.01. The maximum Gasteiger partial charge on any atom is 0.239 e. The zero-order valence-electron chi connectivity index (χ0n) is 19.0. The fourth-order valence-corrected chi connectivity index (χ4v) is 7.18. The lowest BCUT2D eigenvalue weighted by molar-refractivity contribution is -0.131. The van der Waals surface area contributed by atoms with Crippen LogP contribution in [0.4, 0.5) is 5.69 Å². The van der Waals surface area contributed by atoms with Gasteiger partial charge in [-0.05, 0) is 55.7 Å². The third-order valence-electron chi connectivity index (χ3n) is 8.52. The molecule has 2 bridgehead atoms. The van der Waals surface area contributed by atoms with Crippen molar-refractivity contribution in [3.63, 3.8) is 0 Å². The molecular formula is C28H21N3O3. The van der Waals surface area contributed by atoms with Gasteiger partial charge in [0.15, 0.2) is 5.78 Å². The standard InChI is InChI=1S/C28H21N3O3/c1-14-8-4-5-11-17(14)31-24(32)20-21(25(31)33)28(3)19-16-10-7-13-30-23(16)22-15(9-6-12-29-22)18(19)27(20,2)26(28)34/h4-13,20-21H,1-3H3/t20-,21+,27+,28-. The molecule has 4 atom stereocenters. The van der Waals surface area contributed by atoms with Gasteiger partial charge in [0, 0.05) is 23.2 Å². The molecule has 2 amide bonds. The number of aryl methyl sites for hydroxylation is 1. The number of benzene rings is 2. The molecule has 7 rings (SSSR count). The number of nitrogens with zero attached hydrogens (tertiary/aromatic N) is 3. The SMILES string of the molecule is Cc1ccccc1N1C(=O)[C@@H]2[C@H](C1=O)[C@@]1(C)C(=O)[C@]2(C)c2c1c1cccnc1c1ncccc21. The lowest BCUT2D eigenvalue weighted by Gasteiger charge is -2.34. The summed E-state index contributed by atoms with van der Waals surface area (Å²) >= 11 is 0. The lowest BCUT2D eigenvalue weighted by Crippen LogP contribution is -2.42. The first-order chi connectivity index (χ1) is 16.3. The van der Waals surface area contributed by atoms with E-state index in [-0.39, 0.29) is 17.6 Å². The number of pyridine rings is 2. The van der Waals surface area contributed by atoms with Crippen LogP contribution < -0.4 is 4.90 Å². The fourth-order valence-electron chi connectivity index (χ4n) is 7.18. The second-order valence-corrected chi connectivity index (χ2v) is 10.0. The summed E-state index contributed by atoms with van der Waals surface area (Å²) in [5.74, 6) is -2.14. The molecule has 6 nitrogen and oxygen atoms in total. The van der Waals surface area contributed by atoms with Gasteiger partial charge in [-0.15, -0.1) is 0 Å². The van der Waals surface area contributed by atoms with Crippen LogP contribution in [0.3, 0.4) is 0 Å². The van der Waals surface area contributed by atoms with Gasteiger partial charge in [-0.25, -0.2) is 4.90 Å². The average Bonchev–Trinajstić information content (AvgIpc) is 3.29. The highest BCUT2D eigenvalue weighted by Gasteiger charge is 2.78. The van der Waals surface area contributed by atoms with E-state index in [2.05, 4.69) is 9.97 Å². The van der Waals surface area contributed by atoms with Gasteiger partial charge in [-0.1, -0.05) is 30.3 Å². The number of carbonyl (C=O) groups excluding carboxylic acids is 3. The molecule has 0 N–H and O–H groups in total. The molecule has 4 aromatic rings. The zero-order valence-corrected chi connectivity index (χ0v) is 19.0. The molecule has 2 aliphatic carbocycles. The minimum Gasteiger partial charge on any atom is -0.298 e. The summed E-state index contributed by atoms with van der Waals surface area (Å²) in [6.45, 7) is 5.59. The fraction of sp³-hybridized carbons (Fsp3) is 0.250. The molecule has 3 aliphatic rings.